The van der Waals surface area contributed by atoms with Gasteiger partial charge in [0.25, 0.3) is 0 Å². The number of rotatable bonds is 9. The maximum Gasteiger partial charge on any atom is 0.219 e. The van der Waals surface area contributed by atoms with Crippen molar-refractivity contribution in [3.8, 4) is 0 Å². The highest BCUT2D eigenvalue weighted by Gasteiger charge is 2.24. The molecule has 5 nitrogen and oxygen atoms in total. The SMILES string of the molecule is CC(C)C.CC(C)C(=O)C1=CCC1.CC(C)C(N)=O.CC(C)C1CC1.CC(C)CC(C)C.CC(C)N(C)C.CC(C)N1CCC1.CCC.CCC(C)C. The summed E-state index contributed by atoms with van der Waals surface area (Å²) in [4.78, 5) is 25.6. The molecule has 0 radical (unpaired) electrons. The van der Waals surface area contributed by atoms with Crippen LogP contribution >= 0.6 is 0 Å². The molecule has 2 fully saturated rings. The molecule has 2 aliphatic carbocycles. The Morgan fingerprint density at radius 3 is 1.06 bits per heavy atom. The molecular weight excluding hydrogens is 651 g/mol. The highest BCUT2D eigenvalue weighted by atomic mass is 16.1. The monoisotopic (exact) mass is 756 g/mol. The first-order chi connectivity index (χ1) is 24.2. The minimum atomic E-state index is -0.241. The molecule has 0 atom stereocenters. The number of allylic oxidation sites excluding steroid dienone is 2. The molecule has 0 aromatic rings. The summed E-state index contributed by atoms with van der Waals surface area (Å²) in [7, 11) is 4.15. The Morgan fingerprint density at radius 1 is 0.717 bits per heavy atom. The maximum atomic E-state index is 11.1. The van der Waals surface area contributed by atoms with E-state index in [0.717, 1.165) is 60.0 Å². The lowest BCUT2D eigenvalue weighted by Crippen LogP contribution is -2.41. The highest BCUT2D eigenvalue weighted by Crippen LogP contribution is 2.35. The van der Waals surface area contributed by atoms with Crippen molar-refractivity contribution in [1.82, 2.24) is 9.80 Å². The number of amides is 1. The van der Waals surface area contributed by atoms with Crippen LogP contribution in [0.5, 0.6) is 0 Å². The number of nitrogens with zero attached hydrogens (tertiary/aromatic N) is 2. The summed E-state index contributed by atoms with van der Waals surface area (Å²) in [6, 6.07) is 1.47. The number of Topliss-reactive ketones (excluding diaryl/α,β-unsaturated/α-hetero) is 1. The second-order valence-corrected chi connectivity index (χ2v) is 18.7. The van der Waals surface area contributed by atoms with Crippen LogP contribution in [0.1, 0.15) is 204 Å². The molecule has 3 rings (SSSR count). The first-order valence-electron chi connectivity index (χ1n) is 22.1. The van der Waals surface area contributed by atoms with Crippen molar-refractivity contribution < 1.29 is 9.59 Å². The number of carbonyl (C=O) groups excluding carboxylic acids is 2. The summed E-state index contributed by atoms with van der Waals surface area (Å²) in [5.74, 6) is 5.81. The quantitative estimate of drug-likeness (QED) is 0.254. The third-order valence-electron chi connectivity index (χ3n) is 8.19. The maximum absolute atomic E-state index is 11.1. The lowest BCUT2D eigenvalue weighted by atomic mass is 9.90. The zero-order valence-corrected chi connectivity index (χ0v) is 41.2. The Labute approximate surface area is 337 Å². The summed E-state index contributed by atoms with van der Waals surface area (Å²) in [6.45, 7) is 50.0. The number of ketones is 1. The van der Waals surface area contributed by atoms with Crippen LogP contribution in [-0.2, 0) is 9.59 Å². The number of hydrogen-bond donors (Lipinski definition) is 1. The fourth-order valence-electron chi connectivity index (χ4n) is 3.45. The van der Waals surface area contributed by atoms with Crippen LogP contribution in [0.25, 0.3) is 0 Å². The van der Waals surface area contributed by atoms with E-state index in [0.29, 0.717) is 11.8 Å². The van der Waals surface area contributed by atoms with Gasteiger partial charge in [0.15, 0.2) is 5.78 Å². The van der Waals surface area contributed by atoms with Gasteiger partial charge in [0.2, 0.25) is 5.91 Å². The van der Waals surface area contributed by atoms with Crippen LogP contribution in [0.4, 0.5) is 0 Å². The zero-order chi connectivity index (χ0) is 43.4. The predicted octanol–water partition coefficient (Wildman–Crippen LogP) is 14.0. The average Bonchev–Trinajstić information content (AvgIpc) is 3.78. The van der Waals surface area contributed by atoms with Crippen molar-refractivity contribution in [1.29, 1.82) is 0 Å². The van der Waals surface area contributed by atoms with Crippen molar-refractivity contribution in [2.24, 2.45) is 53.1 Å². The van der Waals surface area contributed by atoms with Crippen LogP contribution in [0, 0.1) is 47.3 Å². The number of carbonyl (C=O) groups is 2. The third-order valence-corrected chi connectivity index (χ3v) is 8.19. The van der Waals surface area contributed by atoms with Crippen LogP contribution in [0.2, 0.25) is 0 Å². The fourth-order valence-corrected chi connectivity index (χ4v) is 3.45. The third kappa shape index (κ3) is 63.1. The van der Waals surface area contributed by atoms with Gasteiger partial charge in [0, 0.05) is 23.9 Å². The Kier molecular flexibility index (Phi) is 50.4. The molecule has 0 aromatic heterocycles. The first kappa shape index (κ1) is 63.7. The molecule has 3 aliphatic rings. The second kappa shape index (κ2) is 42.0. The Morgan fingerprint density at radius 2 is 1.04 bits per heavy atom. The lowest BCUT2D eigenvalue weighted by Gasteiger charge is -2.34. The molecule has 1 heterocycles. The van der Waals surface area contributed by atoms with E-state index < -0.39 is 0 Å². The van der Waals surface area contributed by atoms with Crippen LogP contribution in [0.15, 0.2) is 11.6 Å². The normalized spacial score (nSPS) is 14.1. The van der Waals surface area contributed by atoms with Gasteiger partial charge in [-0.15, -0.1) is 0 Å². The van der Waals surface area contributed by atoms with E-state index in [1.54, 1.807) is 13.8 Å². The van der Waals surface area contributed by atoms with Gasteiger partial charge in [-0.25, -0.2) is 0 Å². The summed E-state index contributed by atoms with van der Waals surface area (Å²) in [6.07, 6.45) is 12.5. The van der Waals surface area contributed by atoms with Crippen molar-refractivity contribution in [3.05, 3.63) is 11.6 Å². The lowest BCUT2D eigenvalue weighted by molar-refractivity contribution is -0.121. The van der Waals surface area contributed by atoms with Gasteiger partial charge in [0.1, 0.15) is 0 Å². The van der Waals surface area contributed by atoms with E-state index in [-0.39, 0.29) is 17.7 Å². The Hall–Kier alpha value is -1.20. The molecule has 0 bridgehead atoms. The fraction of sp³-hybridized carbons (Fsp3) is 0.917. The molecule has 1 saturated carbocycles. The molecule has 5 heteroatoms. The smallest absolute Gasteiger partial charge is 0.219 e. The Balaban J connectivity index is -0.000000119. The average molecular weight is 756 g/mol. The summed E-state index contributed by atoms with van der Waals surface area (Å²) in [5, 5.41) is 0. The first-order valence-corrected chi connectivity index (χ1v) is 22.1. The van der Waals surface area contributed by atoms with Crippen molar-refractivity contribution in [2.75, 3.05) is 27.2 Å². The minimum absolute atomic E-state index is 0.00926. The molecule has 1 aliphatic heterocycles. The van der Waals surface area contributed by atoms with E-state index in [9.17, 15) is 9.59 Å². The highest BCUT2D eigenvalue weighted by molar-refractivity contribution is 5.97. The van der Waals surface area contributed by atoms with Crippen LogP contribution in [0.3, 0.4) is 0 Å². The van der Waals surface area contributed by atoms with E-state index >= 15 is 0 Å². The molecule has 324 valence electrons. The summed E-state index contributed by atoms with van der Waals surface area (Å²) >= 11 is 0. The topological polar surface area (TPSA) is 66.6 Å². The van der Waals surface area contributed by atoms with Crippen LogP contribution in [-0.4, -0.2) is 60.8 Å². The number of likely N-dealkylation sites (tertiary alicyclic amines) is 1. The molecule has 1 saturated heterocycles. The number of primary amides is 1. The molecule has 0 unspecified atom stereocenters. The van der Waals surface area contributed by atoms with Gasteiger partial charge < -0.3 is 15.5 Å². The van der Waals surface area contributed by atoms with E-state index in [2.05, 4.69) is 149 Å². The van der Waals surface area contributed by atoms with Crippen molar-refractivity contribution in [2.45, 2.75) is 216 Å². The molecule has 1 amide bonds. The van der Waals surface area contributed by atoms with Gasteiger partial charge >= 0.3 is 0 Å². The van der Waals surface area contributed by atoms with Gasteiger partial charge in [-0.05, 0) is 134 Å². The van der Waals surface area contributed by atoms with Gasteiger partial charge in [0.05, 0.1) is 0 Å². The number of nitrogens with two attached hydrogens (primary N) is 1. The Bertz CT molecular complexity index is 762. The largest absolute Gasteiger partial charge is 0.369 e. The van der Waals surface area contributed by atoms with Gasteiger partial charge in [-0.1, -0.05) is 144 Å². The molecular formula is C48H105N3O2. The molecule has 53 heavy (non-hydrogen) atoms. The van der Waals surface area contributed by atoms with Crippen LogP contribution < -0.4 is 5.73 Å². The van der Waals surface area contributed by atoms with Gasteiger partial charge in [-0.2, -0.15) is 0 Å². The standard InChI is InChI=1S/C8H12O.C7H16.C6H13N.C6H12.C5H13N.C5H12.C4H9NO.C4H10.C3H8/c1-6(2)8(9)7-4-3-5-7;1-6(2)5-7(3)4;1-6(2)7-4-3-5-7;1-5(2)6-3-4-6;1-5(2)6(3)4;1-4-5(2)3;1-3(2)4(5)6;1-4(2)3;1-3-2/h4,6H,3,5H2,1-2H3;6-7H,5H2,1-4H3;6H,3-5H2,1-2H3;5-6H,3-4H2,1-2H3;5H,1-4H3;5H,4H2,1-3H3;3H,1-2H3,(H2,5,6);4H,1-3H3;3H2,1-2H3. The van der Waals surface area contributed by atoms with Crippen molar-refractivity contribution in [3.63, 3.8) is 0 Å². The zero-order valence-electron chi connectivity index (χ0n) is 41.2. The summed E-state index contributed by atoms with van der Waals surface area (Å²) in [5.41, 5.74) is 5.84. The van der Waals surface area contributed by atoms with E-state index in [4.69, 9.17) is 5.73 Å². The summed E-state index contributed by atoms with van der Waals surface area (Å²) < 4.78 is 0. The second-order valence-electron chi connectivity index (χ2n) is 18.7. The number of hydrogen-bond acceptors (Lipinski definition) is 4. The minimum Gasteiger partial charge on any atom is -0.369 e. The van der Waals surface area contributed by atoms with Gasteiger partial charge in [-0.3, -0.25) is 9.59 Å². The molecule has 0 spiro atoms. The predicted molar refractivity (Wildman–Crippen MR) is 245 cm³/mol. The molecule has 2 N–H and O–H groups in total. The van der Waals surface area contributed by atoms with E-state index in [1.807, 2.05) is 19.9 Å². The van der Waals surface area contributed by atoms with Crippen molar-refractivity contribution >= 4 is 11.7 Å². The molecule has 0 aromatic carbocycles. The van der Waals surface area contributed by atoms with E-state index in [1.165, 1.54) is 51.6 Å².